The summed E-state index contributed by atoms with van der Waals surface area (Å²) in [4.78, 5) is 0. The molecule has 3 unspecified atom stereocenters. The smallest absolute Gasteiger partial charge is 0.132 e. The molecule has 3 atom stereocenters. The molecule has 0 spiro atoms. The first-order valence-electron chi connectivity index (χ1n) is 8.20. The van der Waals surface area contributed by atoms with Crippen LogP contribution in [-0.4, -0.2) is 0 Å². The monoisotopic (exact) mass is 306 g/mol. The van der Waals surface area contributed by atoms with Crippen molar-refractivity contribution >= 4 is 0 Å². The van der Waals surface area contributed by atoms with Gasteiger partial charge in [0.05, 0.1) is 0 Å². The Balaban J connectivity index is 2.15. The maximum absolute atomic E-state index is 14.4. The van der Waals surface area contributed by atoms with Gasteiger partial charge in [0.25, 0.3) is 0 Å². The lowest BCUT2D eigenvalue weighted by Gasteiger charge is -2.17. The number of halogens is 2. The molecule has 0 aliphatic heterocycles. The summed E-state index contributed by atoms with van der Waals surface area (Å²) in [5.74, 6) is 0.826. The second-order valence-corrected chi connectivity index (χ2v) is 7.61. The maximum Gasteiger partial charge on any atom is 0.132 e. The predicted molar refractivity (Wildman–Crippen MR) is 89.0 cm³/mol. The Morgan fingerprint density at radius 1 is 1.09 bits per heavy atom. The molecule has 2 rings (SSSR count). The number of allylic oxidation sites excluding steroid dienone is 1. The summed E-state index contributed by atoms with van der Waals surface area (Å²) in [6, 6.07) is 0. The molecule has 1 saturated carbocycles. The van der Waals surface area contributed by atoms with Crippen LogP contribution in [0.15, 0.2) is 12.7 Å². The van der Waals surface area contributed by atoms with Crippen molar-refractivity contribution in [1.29, 1.82) is 0 Å². The SMILES string of the molecule is C=CC1C(C(C)CCc2c(F)c(C)c(C)c(C)c2F)C1(C)C. The van der Waals surface area contributed by atoms with Crippen molar-refractivity contribution < 1.29 is 8.78 Å². The number of hydrogen-bond donors (Lipinski definition) is 0. The van der Waals surface area contributed by atoms with Crippen LogP contribution in [0.3, 0.4) is 0 Å². The first kappa shape index (κ1) is 17.2. The molecule has 0 N–H and O–H groups in total. The summed E-state index contributed by atoms with van der Waals surface area (Å²) >= 11 is 0. The number of hydrogen-bond acceptors (Lipinski definition) is 0. The lowest BCUT2D eigenvalue weighted by molar-refractivity contribution is 0.392. The van der Waals surface area contributed by atoms with E-state index in [1.807, 2.05) is 6.08 Å². The van der Waals surface area contributed by atoms with E-state index in [0.717, 1.165) is 12.0 Å². The summed E-state index contributed by atoms with van der Waals surface area (Å²) in [6.45, 7) is 15.9. The zero-order valence-electron chi connectivity index (χ0n) is 14.7. The second kappa shape index (κ2) is 5.79. The molecule has 122 valence electrons. The van der Waals surface area contributed by atoms with E-state index in [1.54, 1.807) is 20.8 Å². The zero-order chi connectivity index (χ0) is 16.8. The third-order valence-electron chi connectivity index (χ3n) is 6.03. The van der Waals surface area contributed by atoms with Crippen LogP contribution in [0.2, 0.25) is 0 Å². The summed E-state index contributed by atoms with van der Waals surface area (Å²) in [6.07, 6.45) is 3.31. The van der Waals surface area contributed by atoms with Crippen LogP contribution in [0, 0.1) is 55.6 Å². The maximum atomic E-state index is 14.4. The number of rotatable bonds is 5. The molecule has 0 saturated heterocycles. The number of benzene rings is 1. The van der Waals surface area contributed by atoms with Crippen LogP contribution in [0.4, 0.5) is 8.78 Å². The molecule has 1 aliphatic rings. The van der Waals surface area contributed by atoms with Crippen molar-refractivity contribution in [2.24, 2.45) is 23.2 Å². The van der Waals surface area contributed by atoms with Crippen molar-refractivity contribution in [3.8, 4) is 0 Å². The van der Waals surface area contributed by atoms with Crippen LogP contribution in [-0.2, 0) is 6.42 Å². The Labute approximate surface area is 133 Å². The highest BCUT2D eigenvalue weighted by Crippen LogP contribution is 2.62. The Kier molecular flexibility index (Phi) is 4.52. The van der Waals surface area contributed by atoms with Gasteiger partial charge in [-0.1, -0.05) is 26.8 Å². The molecule has 0 amide bonds. The highest BCUT2D eigenvalue weighted by atomic mass is 19.1. The first-order chi connectivity index (χ1) is 10.1. The fourth-order valence-corrected chi connectivity index (χ4v) is 4.19. The normalized spacial score (nSPS) is 24.2. The Bertz CT molecular complexity index is 569. The van der Waals surface area contributed by atoms with Gasteiger partial charge in [-0.05, 0) is 73.5 Å². The minimum absolute atomic E-state index is 0.265. The van der Waals surface area contributed by atoms with Gasteiger partial charge in [0.1, 0.15) is 11.6 Å². The van der Waals surface area contributed by atoms with E-state index >= 15 is 0 Å². The Hall–Kier alpha value is -1.18. The molecule has 0 heterocycles. The summed E-state index contributed by atoms with van der Waals surface area (Å²) in [5, 5.41) is 0. The van der Waals surface area contributed by atoms with Gasteiger partial charge < -0.3 is 0 Å². The molecule has 0 nitrogen and oxygen atoms in total. The van der Waals surface area contributed by atoms with Crippen molar-refractivity contribution in [3.63, 3.8) is 0 Å². The first-order valence-corrected chi connectivity index (χ1v) is 8.20. The lowest BCUT2D eigenvalue weighted by Crippen LogP contribution is -2.09. The van der Waals surface area contributed by atoms with Gasteiger partial charge in [-0.3, -0.25) is 0 Å². The van der Waals surface area contributed by atoms with Gasteiger partial charge in [0, 0.05) is 5.56 Å². The third kappa shape index (κ3) is 2.61. The van der Waals surface area contributed by atoms with Crippen molar-refractivity contribution in [2.75, 3.05) is 0 Å². The highest BCUT2D eigenvalue weighted by molar-refractivity contribution is 5.40. The van der Waals surface area contributed by atoms with E-state index in [4.69, 9.17) is 0 Å². The second-order valence-electron chi connectivity index (χ2n) is 7.61. The molecule has 22 heavy (non-hydrogen) atoms. The third-order valence-corrected chi connectivity index (χ3v) is 6.03. The van der Waals surface area contributed by atoms with Crippen molar-refractivity contribution in [3.05, 3.63) is 46.5 Å². The molecule has 0 radical (unpaired) electrons. The highest BCUT2D eigenvalue weighted by Gasteiger charge is 2.57. The van der Waals surface area contributed by atoms with Crippen LogP contribution >= 0.6 is 0 Å². The molecule has 1 aromatic rings. The van der Waals surface area contributed by atoms with Gasteiger partial charge >= 0.3 is 0 Å². The van der Waals surface area contributed by atoms with Crippen molar-refractivity contribution in [1.82, 2.24) is 0 Å². The van der Waals surface area contributed by atoms with Gasteiger partial charge in [0.2, 0.25) is 0 Å². The van der Waals surface area contributed by atoms with E-state index in [1.165, 1.54) is 0 Å². The minimum atomic E-state index is -0.358. The van der Waals surface area contributed by atoms with Crippen LogP contribution in [0.25, 0.3) is 0 Å². The van der Waals surface area contributed by atoms with Crippen LogP contribution in [0.1, 0.15) is 49.4 Å². The summed E-state index contributed by atoms with van der Waals surface area (Å²) in [5.41, 5.74) is 2.43. The molecular weight excluding hydrogens is 278 g/mol. The largest absolute Gasteiger partial charge is 0.206 e. The van der Waals surface area contributed by atoms with Crippen molar-refractivity contribution in [2.45, 2.75) is 54.4 Å². The Morgan fingerprint density at radius 2 is 1.59 bits per heavy atom. The average Bonchev–Trinajstić information content (AvgIpc) is 3.04. The molecular formula is C20H28F2. The molecule has 1 aliphatic carbocycles. The fraction of sp³-hybridized carbons (Fsp3) is 0.600. The average molecular weight is 306 g/mol. The topological polar surface area (TPSA) is 0 Å². The summed E-state index contributed by atoms with van der Waals surface area (Å²) in [7, 11) is 0. The van der Waals surface area contributed by atoms with E-state index in [2.05, 4.69) is 27.4 Å². The van der Waals surface area contributed by atoms with E-state index in [0.29, 0.717) is 35.3 Å². The summed E-state index contributed by atoms with van der Waals surface area (Å²) < 4.78 is 28.8. The standard InChI is InChI=1S/C20H28F2/c1-8-16-17(20(16,6)7)11(2)9-10-15-18(21)13(4)12(3)14(5)19(15)22/h8,11,16-17H,1,9-10H2,2-7H3. The zero-order valence-corrected chi connectivity index (χ0v) is 14.7. The molecule has 1 fully saturated rings. The lowest BCUT2D eigenvalue weighted by atomic mass is 9.90. The van der Waals surface area contributed by atoms with E-state index in [9.17, 15) is 8.78 Å². The predicted octanol–water partition coefficient (Wildman–Crippen LogP) is 5.92. The minimum Gasteiger partial charge on any atom is -0.206 e. The molecule has 0 bridgehead atoms. The van der Waals surface area contributed by atoms with Gasteiger partial charge in [-0.25, -0.2) is 8.78 Å². The quantitative estimate of drug-likeness (QED) is 0.593. The molecule has 0 aromatic heterocycles. The van der Waals surface area contributed by atoms with Crippen LogP contribution in [0.5, 0.6) is 0 Å². The van der Waals surface area contributed by atoms with Crippen LogP contribution < -0.4 is 0 Å². The van der Waals surface area contributed by atoms with Gasteiger partial charge in [0.15, 0.2) is 0 Å². The Morgan fingerprint density at radius 3 is 2.00 bits per heavy atom. The van der Waals surface area contributed by atoms with Gasteiger partial charge in [-0.2, -0.15) is 0 Å². The van der Waals surface area contributed by atoms with Gasteiger partial charge in [-0.15, -0.1) is 6.58 Å². The molecule has 2 heteroatoms. The fourth-order valence-electron chi connectivity index (χ4n) is 4.19. The van der Waals surface area contributed by atoms with E-state index < -0.39 is 0 Å². The molecule has 1 aromatic carbocycles. The van der Waals surface area contributed by atoms with E-state index in [-0.39, 0.29) is 22.6 Å².